The molecule has 2 aliphatic heterocycles. The van der Waals surface area contributed by atoms with Crippen LogP contribution in [0.2, 0.25) is 10.0 Å². The predicted molar refractivity (Wildman–Crippen MR) is 127 cm³/mol. The lowest BCUT2D eigenvalue weighted by Crippen LogP contribution is -2.54. The Morgan fingerprint density at radius 1 is 1.11 bits per heavy atom. The monoisotopic (exact) mass is 514 g/mol. The topological polar surface area (TPSA) is 122 Å². The molecule has 4 rings (SSSR count). The van der Waals surface area contributed by atoms with Gasteiger partial charge in [0.2, 0.25) is 5.91 Å². The van der Waals surface area contributed by atoms with Gasteiger partial charge < -0.3 is 14.9 Å². The molecule has 0 aliphatic carbocycles. The van der Waals surface area contributed by atoms with E-state index in [2.05, 4.69) is 0 Å². The van der Waals surface area contributed by atoms with Gasteiger partial charge in [0.25, 0.3) is 5.91 Å². The van der Waals surface area contributed by atoms with Crippen molar-refractivity contribution in [3.05, 3.63) is 63.6 Å². The largest absolute Gasteiger partial charge is 0.481 e. The van der Waals surface area contributed by atoms with Crippen LogP contribution in [0.15, 0.2) is 42.5 Å². The van der Waals surface area contributed by atoms with Gasteiger partial charge in [-0.2, -0.15) is 5.26 Å². The van der Waals surface area contributed by atoms with E-state index >= 15 is 0 Å². The predicted octanol–water partition coefficient (Wildman–Crippen LogP) is 3.49. The van der Waals surface area contributed by atoms with Crippen LogP contribution in [0.4, 0.5) is 10.5 Å². The number of urea groups is 1. The van der Waals surface area contributed by atoms with Gasteiger partial charge in [0.05, 0.1) is 30.3 Å². The van der Waals surface area contributed by atoms with E-state index in [4.69, 9.17) is 33.6 Å². The first-order valence-electron chi connectivity index (χ1n) is 10.7. The third-order valence-electron chi connectivity index (χ3n) is 6.51. The minimum Gasteiger partial charge on any atom is -0.481 e. The van der Waals surface area contributed by atoms with Crippen LogP contribution in [0.5, 0.6) is 0 Å². The molecule has 35 heavy (non-hydrogen) atoms. The summed E-state index contributed by atoms with van der Waals surface area (Å²) in [5.41, 5.74) is -0.154. The van der Waals surface area contributed by atoms with E-state index in [1.807, 2.05) is 6.07 Å². The van der Waals surface area contributed by atoms with Gasteiger partial charge in [-0.05, 0) is 35.9 Å². The number of likely N-dealkylation sites (tertiary alicyclic amines) is 1. The summed E-state index contributed by atoms with van der Waals surface area (Å²) in [6.45, 7) is -0.0140. The summed E-state index contributed by atoms with van der Waals surface area (Å²) >= 11 is 12.2. The zero-order valence-electron chi connectivity index (χ0n) is 18.6. The lowest BCUT2D eigenvalue weighted by atomic mass is 9.80. The molecule has 180 valence electrons. The number of carboxylic acid groups (broad SMARTS) is 1. The lowest BCUT2D eigenvalue weighted by Gasteiger charge is -2.33. The smallest absolute Gasteiger partial charge is 0.332 e. The van der Waals surface area contributed by atoms with E-state index < -0.39 is 35.3 Å². The summed E-state index contributed by atoms with van der Waals surface area (Å²) in [5.74, 6) is -2.71. The molecule has 2 aliphatic rings. The molecule has 0 aromatic heterocycles. The Hall–Kier alpha value is -3.61. The molecular weight excluding hydrogens is 495 g/mol. The minimum absolute atomic E-state index is 0.0951. The lowest BCUT2D eigenvalue weighted by molar-refractivity contribution is -0.140. The third-order valence-corrected chi connectivity index (χ3v) is 6.95. The number of nitriles is 1. The van der Waals surface area contributed by atoms with Crippen molar-refractivity contribution in [1.82, 2.24) is 9.80 Å². The Balaban J connectivity index is 1.79. The number of aliphatic carboxylic acids is 1. The molecule has 9 nitrogen and oxygen atoms in total. The van der Waals surface area contributed by atoms with Crippen molar-refractivity contribution in [2.75, 3.05) is 25.0 Å². The number of rotatable bonds is 5. The highest BCUT2D eigenvalue weighted by Crippen LogP contribution is 2.46. The first-order chi connectivity index (χ1) is 16.6. The van der Waals surface area contributed by atoms with Gasteiger partial charge in [-0.3, -0.25) is 14.4 Å². The highest BCUT2D eigenvalue weighted by molar-refractivity contribution is 6.35. The Labute approximate surface area is 211 Å². The average molecular weight is 515 g/mol. The summed E-state index contributed by atoms with van der Waals surface area (Å²) < 4.78 is 0. The summed E-state index contributed by atoms with van der Waals surface area (Å²) in [6.07, 6.45) is -0.579. The number of hydrogen-bond acceptors (Lipinski definition) is 5. The van der Waals surface area contributed by atoms with Crippen LogP contribution in [0.1, 0.15) is 29.9 Å². The fraction of sp³-hybridized carbons (Fsp3) is 0.292. The second-order valence-corrected chi connectivity index (χ2v) is 9.36. The van der Waals surface area contributed by atoms with E-state index in [9.17, 15) is 19.2 Å². The molecule has 1 spiro atoms. The third kappa shape index (κ3) is 4.20. The summed E-state index contributed by atoms with van der Waals surface area (Å²) in [5, 5.41) is 18.6. The summed E-state index contributed by atoms with van der Waals surface area (Å²) in [7, 11) is 1.49. The molecule has 0 bridgehead atoms. The van der Waals surface area contributed by atoms with Gasteiger partial charge in [-0.25, -0.2) is 9.69 Å². The first kappa shape index (κ1) is 24.5. The van der Waals surface area contributed by atoms with Gasteiger partial charge in [0.1, 0.15) is 5.54 Å². The Morgan fingerprint density at radius 3 is 2.31 bits per heavy atom. The van der Waals surface area contributed by atoms with E-state index in [1.165, 1.54) is 35.0 Å². The molecule has 0 saturated carbocycles. The van der Waals surface area contributed by atoms with Gasteiger partial charge >= 0.3 is 12.0 Å². The molecule has 2 atom stereocenters. The molecule has 0 unspecified atom stereocenters. The highest BCUT2D eigenvalue weighted by atomic mass is 35.5. The molecule has 2 aromatic carbocycles. The van der Waals surface area contributed by atoms with Crippen LogP contribution in [-0.2, 0) is 14.4 Å². The van der Waals surface area contributed by atoms with Crippen molar-refractivity contribution < 1.29 is 24.3 Å². The maximum atomic E-state index is 14.0. The number of benzene rings is 2. The maximum absolute atomic E-state index is 14.0. The van der Waals surface area contributed by atoms with E-state index in [0.717, 1.165) is 4.90 Å². The van der Waals surface area contributed by atoms with Crippen molar-refractivity contribution in [2.45, 2.75) is 24.3 Å². The molecule has 1 N–H and O–H groups in total. The number of likely N-dealkylation sites (N-methyl/N-ethyl adjacent to an activating group) is 1. The van der Waals surface area contributed by atoms with Crippen molar-refractivity contribution in [3.63, 3.8) is 0 Å². The number of hydrogen-bond donors (Lipinski definition) is 1. The second kappa shape index (κ2) is 9.21. The van der Waals surface area contributed by atoms with Gasteiger partial charge in [0.15, 0.2) is 0 Å². The number of carboxylic acids is 1. The number of amides is 4. The SMILES string of the molecule is CN1C(=O)N(c2cc(Cl)cc(Cl)c2)C(=O)[C@]12CN(C(=O)CCC(=O)O)C[C@H]2c1ccc(C#N)cc1. The van der Waals surface area contributed by atoms with E-state index in [0.29, 0.717) is 11.1 Å². The second-order valence-electron chi connectivity index (χ2n) is 8.49. The Bertz CT molecular complexity index is 1260. The van der Waals surface area contributed by atoms with Gasteiger partial charge in [-0.15, -0.1) is 0 Å². The van der Waals surface area contributed by atoms with Crippen LogP contribution in [-0.4, -0.2) is 64.4 Å². The molecular formula is C24H20Cl2N4O5. The van der Waals surface area contributed by atoms with Crippen LogP contribution in [0.25, 0.3) is 0 Å². The van der Waals surface area contributed by atoms with Gasteiger partial charge in [-0.1, -0.05) is 35.3 Å². The number of halogens is 2. The number of carbonyl (C=O) groups excluding carboxylic acids is 3. The standard InChI is InChI=1S/C24H20Cl2N4O5/c1-28-23(35)30(18-9-16(25)8-17(26)10-18)22(34)24(28)13-29(20(31)6-7-21(32)33)12-19(24)15-4-2-14(11-27)3-5-15/h2-5,8-10,19H,6-7,12-13H2,1H3,(H,32,33)/t19-,24+/m0/s1. The normalized spacial score (nSPS) is 21.7. The molecule has 2 aromatic rings. The highest BCUT2D eigenvalue weighted by Gasteiger charge is 2.64. The van der Waals surface area contributed by atoms with Crippen molar-refractivity contribution in [2.24, 2.45) is 0 Å². The molecule has 2 saturated heterocycles. The Morgan fingerprint density at radius 2 is 1.74 bits per heavy atom. The molecule has 2 fully saturated rings. The fourth-order valence-electron chi connectivity index (χ4n) is 4.77. The molecule has 4 amide bonds. The van der Waals surface area contributed by atoms with Crippen molar-refractivity contribution >= 4 is 52.7 Å². The quantitative estimate of drug-likeness (QED) is 0.609. The van der Waals surface area contributed by atoms with Crippen LogP contribution >= 0.6 is 23.2 Å². The van der Waals surface area contributed by atoms with Crippen molar-refractivity contribution in [1.29, 1.82) is 5.26 Å². The Kier molecular flexibility index (Phi) is 6.45. The zero-order chi connectivity index (χ0) is 25.5. The van der Waals surface area contributed by atoms with Crippen LogP contribution in [0, 0.1) is 11.3 Å². The number of anilines is 1. The van der Waals surface area contributed by atoms with Crippen LogP contribution in [0.3, 0.4) is 0 Å². The molecule has 0 radical (unpaired) electrons. The zero-order valence-corrected chi connectivity index (χ0v) is 20.1. The summed E-state index contributed by atoms with van der Waals surface area (Å²) in [4.78, 5) is 55.0. The average Bonchev–Trinajstić information content (AvgIpc) is 3.30. The molecule has 2 heterocycles. The summed E-state index contributed by atoms with van der Waals surface area (Å²) in [6, 6.07) is 12.4. The van der Waals surface area contributed by atoms with Gasteiger partial charge in [0, 0.05) is 36.0 Å². The number of imide groups is 1. The van der Waals surface area contributed by atoms with E-state index in [-0.39, 0.29) is 41.7 Å². The first-order valence-corrected chi connectivity index (χ1v) is 11.4. The maximum Gasteiger partial charge on any atom is 0.332 e. The van der Waals surface area contributed by atoms with Crippen molar-refractivity contribution in [3.8, 4) is 6.07 Å². The van der Waals surface area contributed by atoms with E-state index in [1.54, 1.807) is 24.3 Å². The fourth-order valence-corrected chi connectivity index (χ4v) is 5.28. The molecule has 11 heteroatoms. The number of carbonyl (C=O) groups is 4. The van der Waals surface area contributed by atoms with Crippen LogP contribution < -0.4 is 4.90 Å². The minimum atomic E-state index is -1.45. The number of nitrogens with zero attached hydrogens (tertiary/aromatic N) is 4.